The summed E-state index contributed by atoms with van der Waals surface area (Å²) in [6.07, 6.45) is 6.88. The number of rotatable bonds is 3. The molecule has 1 saturated carbocycles. The molecule has 2 heteroatoms. The molecule has 2 nitrogen and oxygen atoms in total. The first-order chi connectivity index (χ1) is 8.31. The van der Waals surface area contributed by atoms with Crippen molar-refractivity contribution in [2.24, 2.45) is 0 Å². The van der Waals surface area contributed by atoms with Gasteiger partial charge < -0.3 is 10.1 Å². The topological polar surface area (TPSA) is 21.3 Å². The van der Waals surface area contributed by atoms with Gasteiger partial charge in [-0.2, -0.15) is 0 Å². The van der Waals surface area contributed by atoms with E-state index in [1.165, 1.54) is 36.8 Å². The second kappa shape index (κ2) is 4.69. The number of hydrogen-bond acceptors (Lipinski definition) is 2. The van der Waals surface area contributed by atoms with Crippen LogP contribution in [0.2, 0.25) is 0 Å². The Morgan fingerprint density at radius 2 is 2.12 bits per heavy atom. The summed E-state index contributed by atoms with van der Waals surface area (Å²) in [5.41, 5.74) is 2.71. The summed E-state index contributed by atoms with van der Waals surface area (Å²) < 4.78 is 5.96. The zero-order valence-electron chi connectivity index (χ0n) is 10.5. The van der Waals surface area contributed by atoms with Crippen LogP contribution in [0.25, 0.3) is 0 Å². The van der Waals surface area contributed by atoms with Crippen molar-refractivity contribution in [1.82, 2.24) is 5.32 Å². The smallest absolute Gasteiger partial charge is 0.123 e. The van der Waals surface area contributed by atoms with E-state index in [4.69, 9.17) is 4.74 Å². The molecule has 1 aliphatic carbocycles. The average molecular weight is 231 g/mol. The minimum absolute atomic E-state index is 0.340. The molecule has 0 aromatic heterocycles. The molecular formula is C15H21NO. The highest BCUT2D eigenvalue weighted by molar-refractivity contribution is 5.40. The summed E-state index contributed by atoms with van der Waals surface area (Å²) >= 11 is 0. The van der Waals surface area contributed by atoms with Gasteiger partial charge in [0.05, 0.1) is 0 Å². The van der Waals surface area contributed by atoms with Crippen LogP contribution in [0.1, 0.15) is 36.8 Å². The molecule has 0 bridgehead atoms. The lowest BCUT2D eigenvalue weighted by Gasteiger charge is -2.16. The van der Waals surface area contributed by atoms with Crippen molar-refractivity contribution in [2.75, 3.05) is 6.54 Å². The van der Waals surface area contributed by atoms with E-state index in [0.717, 1.165) is 24.8 Å². The lowest BCUT2D eigenvalue weighted by molar-refractivity contribution is 0.221. The zero-order chi connectivity index (χ0) is 11.7. The van der Waals surface area contributed by atoms with Crippen LogP contribution < -0.4 is 10.1 Å². The van der Waals surface area contributed by atoms with Gasteiger partial charge in [-0.05, 0) is 31.4 Å². The Labute approximate surface area is 103 Å². The molecule has 1 unspecified atom stereocenters. The number of ether oxygens (including phenoxy) is 1. The number of benzene rings is 1. The number of aryl methyl sites for hydroxylation is 1. The first-order valence-corrected chi connectivity index (χ1v) is 6.81. The Morgan fingerprint density at radius 1 is 1.29 bits per heavy atom. The first kappa shape index (κ1) is 11.1. The van der Waals surface area contributed by atoms with Crippen LogP contribution in [0, 0.1) is 6.92 Å². The van der Waals surface area contributed by atoms with Gasteiger partial charge in [0.25, 0.3) is 0 Å². The minimum atomic E-state index is 0.340. The second-order valence-electron chi connectivity index (χ2n) is 5.44. The summed E-state index contributed by atoms with van der Waals surface area (Å²) in [5, 5.41) is 3.65. The maximum atomic E-state index is 5.96. The van der Waals surface area contributed by atoms with Crippen LogP contribution in [0.15, 0.2) is 18.2 Å². The van der Waals surface area contributed by atoms with Crippen molar-refractivity contribution in [2.45, 2.75) is 51.2 Å². The van der Waals surface area contributed by atoms with Gasteiger partial charge in [-0.15, -0.1) is 0 Å². The highest BCUT2D eigenvalue weighted by Gasteiger charge is 2.24. The summed E-state index contributed by atoms with van der Waals surface area (Å²) in [4.78, 5) is 0. The third-order valence-electron chi connectivity index (χ3n) is 3.95. The van der Waals surface area contributed by atoms with Gasteiger partial charge in [0, 0.05) is 19.0 Å². The van der Waals surface area contributed by atoms with Crippen LogP contribution in [0.4, 0.5) is 0 Å². The van der Waals surface area contributed by atoms with Gasteiger partial charge >= 0.3 is 0 Å². The van der Waals surface area contributed by atoms with Crippen LogP contribution >= 0.6 is 0 Å². The maximum absolute atomic E-state index is 5.96. The SMILES string of the molecule is Cc1ccc2c(c1)CC(CNC1CCCC1)O2. The second-order valence-corrected chi connectivity index (χ2v) is 5.44. The normalized spacial score (nSPS) is 23.7. The van der Waals surface area contributed by atoms with E-state index in [0.29, 0.717) is 6.10 Å². The molecule has 1 heterocycles. The minimum Gasteiger partial charge on any atom is -0.488 e. The van der Waals surface area contributed by atoms with E-state index >= 15 is 0 Å². The largest absolute Gasteiger partial charge is 0.488 e. The fraction of sp³-hybridized carbons (Fsp3) is 0.600. The number of nitrogens with one attached hydrogen (secondary N) is 1. The van der Waals surface area contributed by atoms with E-state index in [2.05, 4.69) is 30.4 Å². The molecule has 1 aromatic rings. The fourth-order valence-electron chi connectivity index (χ4n) is 2.99. The Balaban J connectivity index is 1.55. The molecule has 92 valence electrons. The number of hydrogen-bond donors (Lipinski definition) is 1. The molecule has 1 fully saturated rings. The first-order valence-electron chi connectivity index (χ1n) is 6.81. The third kappa shape index (κ3) is 2.47. The van der Waals surface area contributed by atoms with Crippen LogP contribution in [0.3, 0.4) is 0 Å². The van der Waals surface area contributed by atoms with Crippen molar-refractivity contribution in [1.29, 1.82) is 0 Å². The quantitative estimate of drug-likeness (QED) is 0.863. The Bertz CT molecular complexity index is 396. The van der Waals surface area contributed by atoms with E-state index in [1.807, 2.05) is 0 Å². The van der Waals surface area contributed by atoms with Crippen LogP contribution in [-0.2, 0) is 6.42 Å². The molecule has 0 amide bonds. The predicted molar refractivity (Wildman–Crippen MR) is 69.6 cm³/mol. The Morgan fingerprint density at radius 3 is 2.94 bits per heavy atom. The van der Waals surface area contributed by atoms with Crippen molar-refractivity contribution >= 4 is 0 Å². The van der Waals surface area contributed by atoms with Crippen molar-refractivity contribution in [3.8, 4) is 5.75 Å². The molecule has 2 aliphatic rings. The molecule has 1 N–H and O–H groups in total. The van der Waals surface area contributed by atoms with Crippen molar-refractivity contribution in [3.05, 3.63) is 29.3 Å². The summed E-state index contributed by atoms with van der Waals surface area (Å²) in [6.45, 7) is 3.14. The van der Waals surface area contributed by atoms with E-state index < -0.39 is 0 Å². The van der Waals surface area contributed by atoms with E-state index in [-0.39, 0.29) is 0 Å². The summed E-state index contributed by atoms with van der Waals surface area (Å²) in [7, 11) is 0. The van der Waals surface area contributed by atoms with E-state index in [9.17, 15) is 0 Å². The molecule has 1 aromatic carbocycles. The molecular weight excluding hydrogens is 210 g/mol. The highest BCUT2D eigenvalue weighted by Crippen LogP contribution is 2.29. The highest BCUT2D eigenvalue weighted by atomic mass is 16.5. The molecule has 0 radical (unpaired) electrons. The standard InChI is InChI=1S/C15H21NO/c1-11-6-7-15-12(8-11)9-14(17-15)10-16-13-4-2-3-5-13/h6-8,13-14,16H,2-5,9-10H2,1H3. The van der Waals surface area contributed by atoms with Crippen molar-refractivity contribution < 1.29 is 4.74 Å². The van der Waals surface area contributed by atoms with Gasteiger partial charge in [0.2, 0.25) is 0 Å². The fourth-order valence-corrected chi connectivity index (χ4v) is 2.99. The van der Waals surface area contributed by atoms with Gasteiger partial charge in [0.1, 0.15) is 11.9 Å². The molecule has 1 aliphatic heterocycles. The molecule has 17 heavy (non-hydrogen) atoms. The van der Waals surface area contributed by atoms with Gasteiger partial charge in [-0.3, -0.25) is 0 Å². The van der Waals surface area contributed by atoms with Crippen LogP contribution in [-0.4, -0.2) is 18.7 Å². The van der Waals surface area contributed by atoms with Gasteiger partial charge in [0.15, 0.2) is 0 Å². The lowest BCUT2D eigenvalue weighted by Crippen LogP contribution is -2.35. The molecule has 0 saturated heterocycles. The maximum Gasteiger partial charge on any atom is 0.123 e. The summed E-state index contributed by atoms with van der Waals surface area (Å²) in [5.74, 6) is 1.09. The number of fused-ring (bicyclic) bond motifs is 1. The zero-order valence-corrected chi connectivity index (χ0v) is 10.5. The van der Waals surface area contributed by atoms with E-state index in [1.54, 1.807) is 0 Å². The Hall–Kier alpha value is -1.02. The van der Waals surface area contributed by atoms with Crippen LogP contribution in [0.5, 0.6) is 5.75 Å². The average Bonchev–Trinajstić information content (AvgIpc) is 2.94. The van der Waals surface area contributed by atoms with Gasteiger partial charge in [-0.1, -0.05) is 30.5 Å². The molecule has 3 rings (SSSR count). The third-order valence-corrected chi connectivity index (χ3v) is 3.95. The predicted octanol–water partition coefficient (Wildman–Crippen LogP) is 2.83. The lowest BCUT2D eigenvalue weighted by atomic mass is 10.1. The molecule has 1 atom stereocenters. The monoisotopic (exact) mass is 231 g/mol. The summed E-state index contributed by atoms with van der Waals surface area (Å²) in [6, 6.07) is 7.24. The Kier molecular flexibility index (Phi) is 3.06. The molecule has 0 spiro atoms. The van der Waals surface area contributed by atoms with Gasteiger partial charge in [-0.25, -0.2) is 0 Å². The van der Waals surface area contributed by atoms with Crippen molar-refractivity contribution in [3.63, 3.8) is 0 Å².